The quantitative estimate of drug-likeness (QED) is 0.331. The van der Waals surface area contributed by atoms with Crippen LogP contribution in [-0.2, 0) is 17.1 Å². The Morgan fingerprint density at radius 3 is 1.57 bits per heavy atom. The predicted octanol–water partition coefficient (Wildman–Crippen LogP) is 1.17. The van der Waals surface area contributed by atoms with E-state index >= 15 is 0 Å². The molecule has 0 heterocycles. The van der Waals surface area contributed by atoms with E-state index in [4.69, 9.17) is 0 Å². The van der Waals surface area contributed by atoms with Crippen molar-refractivity contribution >= 4 is 0 Å². The first-order valence-electron chi connectivity index (χ1n) is 4.13. The molecule has 2 aliphatic carbocycles. The first-order valence-corrected chi connectivity index (χ1v) is 4.13. The molecule has 0 saturated heterocycles. The van der Waals surface area contributed by atoms with Crippen LogP contribution in [0, 0.1) is 21.3 Å². The second kappa shape index (κ2) is 19.1. The molecule has 0 bridgehead atoms. The molecule has 0 saturated carbocycles. The van der Waals surface area contributed by atoms with Gasteiger partial charge < -0.3 is 14.9 Å². The van der Waals surface area contributed by atoms with Crippen molar-refractivity contribution in [3.63, 3.8) is 0 Å². The molecule has 14 heavy (non-hydrogen) atoms. The smallest absolute Gasteiger partial charge is 0.358 e. The van der Waals surface area contributed by atoms with Crippen molar-refractivity contribution in [3.8, 4) is 0 Å². The van der Waals surface area contributed by atoms with Gasteiger partial charge in [0.2, 0.25) is 0 Å². The van der Waals surface area contributed by atoms with Gasteiger partial charge in [0.25, 0.3) is 0 Å². The van der Waals surface area contributed by atoms with Crippen LogP contribution in [0.5, 0.6) is 0 Å². The molecule has 0 atom stereocenters. The van der Waals surface area contributed by atoms with Crippen LogP contribution in [0.2, 0.25) is 0 Å². The van der Waals surface area contributed by atoms with E-state index in [0.717, 1.165) is 0 Å². The van der Waals surface area contributed by atoms with Crippen LogP contribution in [0.15, 0.2) is 24.3 Å². The molecule has 0 unspecified atom stereocenters. The maximum Gasteiger partial charge on any atom is 2.00 e. The number of allylic oxidation sites excluding steroid dienone is 4. The van der Waals surface area contributed by atoms with E-state index in [9.17, 15) is 0 Å². The predicted molar refractivity (Wildman–Crippen MR) is 58.5 cm³/mol. The number of hydrogen-bond acceptors (Lipinski definition) is 0. The first-order chi connectivity index (χ1) is 5.00. The minimum atomic E-state index is 0. The molecular weight excluding hydrogens is 207 g/mol. The molecule has 0 aromatic carbocycles. The Labute approximate surface area is 113 Å². The summed E-state index contributed by atoms with van der Waals surface area (Å²) in [4.78, 5) is 0. The molecule has 0 radical (unpaired) electrons. The van der Waals surface area contributed by atoms with Crippen molar-refractivity contribution < 1.29 is 35.9 Å². The van der Waals surface area contributed by atoms with E-state index in [1.807, 2.05) is 0 Å². The third-order valence-corrected chi connectivity index (χ3v) is 1.68. The minimum Gasteiger partial charge on any atom is -0.358 e. The molecule has 78 valence electrons. The van der Waals surface area contributed by atoms with Gasteiger partial charge in [0.05, 0.1) is 0 Å². The summed E-state index contributed by atoms with van der Waals surface area (Å²) in [5, 5.41) is 0. The van der Waals surface area contributed by atoms with Crippen molar-refractivity contribution in [2.45, 2.75) is 32.1 Å². The van der Waals surface area contributed by atoms with E-state index in [0.29, 0.717) is 0 Å². The average Bonchev–Trinajstić information content (AvgIpc) is 2.67. The van der Waals surface area contributed by atoms with Crippen LogP contribution in [0.1, 0.15) is 32.1 Å². The van der Waals surface area contributed by atoms with Gasteiger partial charge in [-0.1, -0.05) is 12.2 Å². The minimum absolute atomic E-state index is 0. The van der Waals surface area contributed by atoms with Gasteiger partial charge in [-0.25, -0.2) is 18.6 Å². The summed E-state index contributed by atoms with van der Waals surface area (Å²) in [6.45, 7) is 0. The Hall–Kier alpha value is 0.467. The fraction of sp³-hybridized carbons (Fsp3) is 0.417. The standard InChI is InChI=1S/C5H8.C5H7.2CH3.Fe.Li/c2*1-2-4-5-3-1;;;;/h1-2H,3-5H2;1-3H,4-5H2;2*1H3;;/q;3*-1;+2;+1. The van der Waals surface area contributed by atoms with Crippen molar-refractivity contribution in [2.75, 3.05) is 0 Å². The van der Waals surface area contributed by atoms with Crippen molar-refractivity contribution in [2.24, 2.45) is 0 Å². The Bertz CT molecular complexity index is 102. The van der Waals surface area contributed by atoms with E-state index in [2.05, 4.69) is 30.7 Å². The van der Waals surface area contributed by atoms with Gasteiger partial charge in [-0.3, -0.25) is 0 Å². The molecule has 0 aromatic rings. The summed E-state index contributed by atoms with van der Waals surface area (Å²) in [7, 11) is 0. The first kappa shape index (κ1) is 23.9. The maximum absolute atomic E-state index is 2.24. The Morgan fingerprint density at radius 1 is 0.857 bits per heavy atom. The topological polar surface area (TPSA) is 0 Å². The van der Waals surface area contributed by atoms with Gasteiger partial charge >= 0.3 is 35.9 Å². The van der Waals surface area contributed by atoms with Crippen LogP contribution in [0.4, 0.5) is 0 Å². The van der Waals surface area contributed by atoms with Crippen molar-refractivity contribution in [1.82, 2.24) is 0 Å². The summed E-state index contributed by atoms with van der Waals surface area (Å²) < 4.78 is 0. The molecule has 0 fully saturated rings. The molecule has 2 aliphatic rings. The van der Waals surface area contributed by atoms with Gasteiger partial charge in [0.15, 0.2) is 0 Å². The summed E-state index contributed by atoms with van der Waals surface area (Å²) in [6.07, 6.45) is 17.5. The fourth-order valence-corrected chi connectivity index (χ4v) is 1.07. The Balaban J connectivity index is -0.0000000556. The normalized spacial score (nSPS) is 14.3. The van der Waals surface area contributed by atoms with Crippen LogP contribution in [0.3, 0.4) is 0 Å². The number of hydrogen-bond donors (Lipinski definition) is 0. The molecule has 0 spiro atoms. The van der Waals surface area contributed by atoms with Crippen LogP contribution >= 0.6 is 0 Å². The summed E-state index contributed by atoms with van der Waals surface area (Å²) in [5.74, 6) is 0. The zero-order valence-electron chi connectivity index (χ0n) is 9.78. The van der Waals surface area contributed by atoms with Crippen molar-refractivity contribution in [1.29, 1.82) is 0 Å². The van der Waals surface area contributed by atoms with E-state index in [1.54, 1.807) is 0 Å². The molecule has 0 N–H and O–H groups in total. The largest absolute Gasteiger partial charge is 2.00 e. The van der Waals surface area contributed by atoms with Crippen LogP contribution < -0.4 is 18.9 Å². The molecule has 2 rings (SSSR count). The van der Waals surface area contributed by atoms with E-state index in [1.165, 1.54) is 32.1 Å². The zero-order valence-corrected chi connectivity index (χ0v) is 10.9. The van der Waals surface area contributed by atoms with E-state index in [-0.39, 0.29) is 50.8 Å². The molecule has 0 nitrogen and oxygen atoms in total. The summed E-state index contributed by atoms with van der Waals surface area (Å²) in [6, 6.07) is 0. The van der Waals surface area contributed by atoms with Gasteiger partial charge in [-0.05, 0) is 19.3 Å². The number of rotatable bonds is 0. The Morgan fingerprint density at radius 2 is 1.43 bits per heavy atom. The summed E-state index contributed by atoms with van der Waals surface area (Å²) in [5.41, 5.74) is 0. The monoisotopic (exact) mass is 228 g/mol. The van der Waals surface area contributed by atoms with Gasteiger partial charge in [-0.15, -0.1) is 12.8 Å². The molecule has 2 heteroatoms. The van der Waals surface area contributed by atoms with E-state index < -0.39 is 0 Å². The van der Waals surface area contributed by atoms with Gasteiger partial charge in [-0.2, -0.15) is 0 Å². The third kappa shape index (κ3) is 15.0. The fourth-order valence-electron chi connectivity index (χ4n) is 1.07. The van der Waals surface area contributed by atoms with Gasteiger partial charge in [0, 0.05) is 0 Å². The van der Waals surface area contributed by atoms with Crippen molar-refractivity contribution in [3.05, 3.63) is 45.6 Å². The zero-order chi connectivity index (χ0) is 7.07. The van der Waals surface area contributed by atoms with Crippen LogP contribution in [-0.4, -0.2) is 0 Å². The molecule has 0 aromatic heterocycles. The van der Waals surface area contributed by atoms with Gasteiger partial charge in [0.1, 0.15) is 0 Å². The van der Waals surface area contributed by atoms with Crippen LogP contribution in [0.25, 0.3) is 0 Å². The maximum atomic E-state index is 2.24. The molecular formula is C12H21FeLi. The second-order valence-corrected chi connectivity index (χ2v) is 2.64. The SMILES string of the molecule is C1=CCCC1.C1=CCC[CH-]1.[CH3-].[CH3-].[Fe+2].[Li+]. The second-order valence-electron chi connectivity index (χ2n) is 2.64. The third-order valence-electron chi connectivity index (χ3n) is 1.68. The average molecular weight is 228 g/mol. The molecule has 0 aliphatic heterocycles. The molecule has 0 amide bonds. The summed E-state index contributed by atoms with van der Waals surface area (Å²) >= 11 is 0. The Kier molecular flexibility index (Phi) is 32.7.